The Bertz CT molecular complexity index is 410. The first-order chi connectivity index (χ1) is 8.54. The lowest BCUT2D eigenvalue weighted by Gasteiger charge is -2.32. The molecule has 2 aliphatic rings. The summed E-state index contributed by atoms with van der Waals surface area (Å²) in [5, 5.41) is 9.03. The van der Waals surface area contributed by atoms with E-state index in [1.807, 2.05) is 20.8 Å². The van der Waals surface area contributed by atoms with Crippen molar-refractivity contribution in [3.05, 3.63) is 0 Å². The smallest absolute Gasteiger partial charge is 0.410 e. The lowest BCUT2D eigenvalue weighted by molar-refractivity contribution is -0.138. The minimum atomic E-state index is -0.859. The van der Waals surface area contributed by atoms with Crippen molar-refractivity contribution >= 4 is 12.1 Å². The maximum absolute atomic E-state index is 12.1. The Labute approximate surface area is 113 Å². The molecule has 2 rings (SSSR count). The fourth-order valence-corrected chi connectivity index (χ4v) is 3.39. The molecule has 1 saturated carbocycles. The molecule has 0 aromatic heterocycles. The van der Waals surface area contributed by atoms with Gasteiger partial charge in [0.15, 0.2) is 0 Å². The number of ether oxygens (including phenoxy) is 1. The summed E-state index contributed by atoms with van der Waals surface area (Å²) < 4.78 is 5.36. The van der Waals surface area contributed by atoms with Crippen LogP contribution in [0.25, 0.3) is 0 Å². The zero-order valence-corrected chi connectivity index (χ0v) is 12.3. The molecule has 0 unspecified atom stereocenters. The first kappa shape index (κ1) is 14.2. The summed E-state index contributed by atoms with van der Waals surface area (Å²) in [5.41, 5.74) is -0.397. The van der Waals surface area contributed by atoms with Crippen LogP contribution in [0.1, 0.15) is 41.0 Å². The molecule has 108 valence electrons. The molecule has 0 radical (unpaired) electrons. The van der Waals surface area contributed by atoms with Crippen molar-refractivity contribution in [3.63, 3.8) is 0 Å². The van der Waals surface area contributed by atoms with Crippen LogP contribution in [0.15, 0.2) is 0 Å². The van der Waals surface area contributed by atoms with Crippen molar-refractivity contribution in [2.75, 3.05) is 6.54 Å². The summed E-state index contributed by atoms with van der Waals surface area (Å²) >= 11 is 0. The molecular formula is C14H23NO4. The van der Waals surface area contributed by atoms with Gasteiger partial charge in [-0.15, -0.1) is 0 Å². The van der Waals surface area contributed by atoms with E-state index in [1.165, 1.54) is 0 Å². The van der Waals surface area contributed by atoms with E-state index in [1.54, 1.807) is 4.90 Å². The maximum atomic E-state index is 12.1. The Kier molecular flexibility index (Phi) is 3.07. The number of piperidine rings is 1. The van der Waals surface area contributed by atoms with E-state index in [4.69, 9.17) is 9.84 Å². The second-order valence-electron chi connectivity index (χ2n) is 7.25. The second kappa shape index (κ2) is 4.12. The van der Waals surface area contributed by atoms with Crippen molar-refractivity contribution in [2.45, 2.75) is 52.7 Å². The average Bonchev–Trinajstić information content (AvgIpc) is 2.55. The molecule has 1 N–H and O–H groups in total. The molecule has 19 heavy (non-hydrogen) atoms. The van der Waals surface area contributed by atoms with E-state index in [9.17, 15) is 9.59 Å². The summed E-state index contributed by atoms with van der Waals surface area (Å²) in [6, 6.07) is -0.229. The largest absolute Gasteiger partial charge is 0.481 e. The number of rotatable bonds is 2. The van der Waals surface area contributed by atoms with Gasteiger partial charge in [0.25, 0.3) is 0 Å². The van der Waals surface area contributed by atoms with Gasteiger partial charge in [0.2, 0.25) is 0 Å². The molecule has 1 heterocycles. The molecule has 0 aromatic carbocycles. The SMILES string of the molecule is CC(C)(C)OC(=O)N1C[C@H]2[C@@H]([C@@H]1CC(=O)O)C2(C)C. The van der Waals surface area contributed by atoms with E-state index in [0.717, 1.165) is 0 Å². The summed E-state index contributed by atoms with van der Waals surface area (Å²) in [7, 11) is 0. The number of likely N-dealkylation sites (tertiary alicyclic amines) is 1. The molecule has 3 atom stereocenters. The highest BCUT2D eigenvalue weighted by molar-refractivity contribution is 5.73. The number of carbonyl (C=O) groups excluding carboxylic acids is 1. The number of carboxylic acids is 1. The molecule has 0 bridgehead atoms. The Morgan fingerprint density at radius 2 is 1.95 bits per heavy atom. The third-order valence-electron chi connectivity index (χ3n) is 4.36. The van der Waals surface area contributed by atoms with E-state index in [-0.39, 0.29) is 29.9 Å². The summed E-state index contributed by atoms with van der Waals surface area (Å²) in [6.07, 6.45) is -0.383. The van der Waals surface area contributed by atoms with Crippen LogP contribution in [0, 0.1) is 17.3 Å². The Hall–Kier alpha value is -1.26. The number of carboxylic acid groups (broad SMARTS) is 1. The number of hydrogen-bond donors (Lipinski definition) is 1. The summed E-state index contributed by atoms with van der Waals surface area (Å²) in [6.45, 7) is 10.4. The standard InChI is InChI=1S/C14H23NO4/c1-13(2,3)19-12(18)15-7-8-11(14(8,4)5)9(15)6-10(16)17/h8-9,11H,6-7H2,1-5H3,(H,16,17)/t8-,9-,11-/m0/s1. The molecule has 2 fully saturated rings. The highest BCUT2D eigenvalue weighted by Crippen LogP contribution is 2.65. The quantitative estimate of drug-likeness (QED) is 0.835. The first-order valence-electron chi connectivity index (χ1n) is 6.75. The average molecular weight is 269 g/mol. The van der Waals surface area contributed by atoms with Crippen LogP contribution >= 0.6 is 0 Å². The van der Waals surface area contributed by atoms with Gasteiger partial charge in [0.1, 0.15) is 5.60 Å². The summed E-state index contributed by atoms with van der Waals surface area (Å²) in [5.74, 6) is -0.164. The fourth-order valence-electron chi connectivity index (χ4n) is 3.39. The van der Waals surface area contributed by atoms with Crippen LogP contribution in [0.2, 0.25) is 0 Å². The van der Waals surface area contributed by atoms with E-state index in [0.29, 0.717) is 12.5 Å². The molecule has 0 spiro atoms. The van der Waals surface area contributed by atoms with Crippen LogP contribution in [0.5, 0.6) is 0 Å². The monoisotopic (exact) mass is 269 g/mol. The van der Waals surface area contributed by atoms with Crippen LogP contribution in [-0.4, -0.2) is 40.3 Å². The van der Waals surface area contributed by atoms with Gasteiger partial charge in [0.05, 0.1) is 6.42 Å². The molecule has 1 saturated heterocycles. The minimum absolute atomic E-state index is 0.00381. The molecule has 5 nitrogen and oxygen atoms in total. The number of fused-ring (bicyclic) bond motifs is 1. The second-order valence-corrected chi connectivity index (χ2v) is 7.25. The molecule has 1 aliphatic carbocycles. The zero-order valence-electron chi connectivity index (χ0n) is 12.3. The lowest BCUT2D eigenvalue weighted by Crippen LogP contribution is -2.44. The van der Waals surface area contributed by atoms with Crippen molar-refractivity contribution < 1.29 is 19.4 Å². The van der Waals surface area contributed by atoms with Crippen molar-refractivity contribution in [3.8, 4) is 0 Å². The Morgan fingerprint density at radius 1 is 1.37 bits per heavy atom. The minimum Gasteiger partial charge on any atom is -0.481 e. The maximum Gasteiger partial charge on any atom is 0.410 e. The highest BCUT2D eigenvalue weighted by Gasteiger charge is 2.68. The third-order valence-corrected chi connectivity index (χ3v) is 4.36. The zero-order chi connectivity index (χ0) is 14.6. The number of hydrogen-bond acceptors (Lipinski definition) is 3. The van der Waals surface area contributed by atoms with Gasteiger partial charge < -0.3 is 14.7 Å². The van der Waals surface area contributed by atoms with Gasteiger partial charge in [-0.3, -0.25) is 4.79 Å². The van der Waals surface area contributed by atoms with Crippen LogP contribution in [0.3, 0.4) is 0 Å². The first-order valence-corrected chi connectivity index (χ1v) is 6.75. The van der Waals surface area contributed by atoms with Crippen LogP contribution < -0.4 is 0 Å². The van der Waals surface area contributed by atoms with Crippen LogP contribution in [0.4, 0.5) is 4.79 Å². The number of amides is 1. The van der Waals surface area contributed by atoms with Crippen molar-refractivity contribution in [1.29, 1.82) is 0 Å². The van der Waals surface area contributed by atoms with Crippen molar-refractivity contribution in [2.24, 2.45) is 17.3 Å². The molecule has 0 aromatic rings. The predicted octanol–water partition coefficient (Wildman–Crippen LogP) is 2.35. The fraction of sp³-hybridized carbons (Fsp3) is 0.857. The Balaban J connectivity index is 2.09. The van der Waals surface area contributed by atoms with Gasteiger partial charge in [-0.1, -0.05) is 13.8 Å². The van der Waals surface area contributed by atoms with Gasteiger partial charge in [-0.05, 0) is 38.0 Å². The van der Waals surface area contributed by atoms with E-state index < -0.39 is 11.6 Å². The van der Waals surface area contributed by atoms with Gasteiger partial charge in [-0.2, -0.15) is 0 Å². The number of carbonyl (C=O) groups is 2. The number of aliphatic carboxylic acids is 1. The highest BCUT2D eigenvalue weighted by atomic mass is 16.6. The normalized spacial score (nSPS) is 31.8. The van der Waals surface area contributed by atoms with Crippen molar-refractivity contribution in [1.82, 2.24) is 4.90 Å². The van der Waals surface area contributed by atoms with E-state index >= 15 is 0 Å². The van der Waals surface area contributed by atoms with Crippen LogP contribution in [-0.2, 0) is 9.53 Å². The molecule has 1 aliphatic heterocycles. The lowest BCUT2D eigenvalue weighted by atomic mass is 9.99. The summed E-state index contributed by atoms with van der Waals surface area (Å²) in [4.78, 5) is 24.8. The van der Waals surface area contributed by atoms with Gasteiger partial charge in [-0.25, -0.2) is 4.79 Å². The number of nitrogens with zero attached hydrogens (tertiary/aromatic N) is 1. The molecule has 5 heteroatoms. The van der Waals surface area contributed by atoms with Gasteiger partial charge in [0, 0.05) is 12.6 Å². The molecular weight excluding hydrogens is 246 g/mol. The topological polar surface area (TPSA) is 66.8 Å². The predicted molar refractivity (Wildman–Crippen MR) is 69.7 cm³/mol. The third kappa shape index (κ3) is 2.55. The Morgan fingerprint density at radius 3 is 2.42 bits per heavy atom. The van der Waals surface area contributed by atoms with Gasteiger partial charge >= 0.3 is 12.1 Å². The van der Waals surface area contributed by atoms with E-state index in [2.05, 4.69) is 13.8 Å². The molecule has 1 amide bonds.